The molecule has 33 heavy (non-hydrogen) atoms. The third-order valence-electron chi connectivity index (χ3n) is 4.82. The van der Waals surface area contributed by atoms with Crippen LogP contribution in [0.4, 0.5) is 5.13 Å². The van der Waals surface area contributed by atoms with Crippen LogP contribution in [0, 0.1) is 6.92 Å². The maximum absolute atomic E-state index is 5.85. The van der Waals surface area contributed by atoms with Crippen LogP contribution in [-0.4, -0.2) is 41.7 Å². The molecule has 0 fully saturated rings. The largest absolute Gasteiger partial charge is 0.389 e. The summed E-state index contributed by atoms with van der Waals surface area (Å²) in [5.74, 6) is 0. The van der Waals surface area contributed by atoms with Crippen LogP contribution < -0.4 is 5.32 Å². The number of anilines is 1. The predicted molar refractivity (Wildman–Crippen MR) is 140 cm³/mol. The molecule has 0 aliphatic heterocycles. The summed E-state index contributed by atoms with van der Waals surface area (Å²) >= 11 is 1.57. The number of hydrogen-bond acceptors (Lipinski definition) is 7. The predicted octanol–water partition coefficient (Wildman–Crippen LogP) is 6.00. The minimum Gasteiger partial charge on any atom is -0.389 e. The average Bonchev–Trinajstić information content (AvgIpc) is 3.34. The van der Waals surface area contributed by atoms with E-state index in [4.69, 9.17) is 14.7 Å². The smallest absolute Gasteiger partial charge is 0.183 e. The van der Waals surface area contributed by atoms with Gasteiger partial charge in [-0.25, -0.2) is 9.67 Å². The number of ether oxygens (including phenoxy) is 1. The number of oxime groups is 1. The molecule has 0 bridgehead atoms. The molecule has 0 aliphatic carbocycles. The molecular formula is C24H35N5O2SSi. The van der Waals surface area contributed by atoms with Gasteiger partial charge in [0.2, 0.25) is 0 Å². The molecule has 3 rings (SSSR count). The zero-order valence-electron chi connectivity index (χ0n) is 20.5. The third-order valence-corrected chi connectivity index (χ3v) is 7.35. The van der Waals surface area contributed by atoms with Gasteiger partial charge in [0.15, 0.2) is 11.7 Å². The standard InChI is InChI=1S/C24H35N5O2SSi/c1-18(2)26-24-27-21(16-32-24)15-31-25-13-20-9-7-8-10-22(20)23-19(3)14-29(28-23)17-30-11-12-33(4,5)6/h7-10,13-14,16,18H,11-12,15,17H2,1-6H3,(H,26,27). The van der Waals surface area contributed by atoms with Crippen molar-refractivity contribution in [3.8, 4) is 11.3 Å². The summed E-state index contributed by atoms with van der Waals surface area (Å²) in [7, 11) is -1.09. The van der Waals surface area contributed by atoms with Crippen LogP contribution >= 0.6 is 11.3 Å². The summed E-state index contributed by atoms with van der Waals surface area (Å²) in [5.41, 5.74) is 4.84. The van der Waals surface area contributed by atoms with E-state index < -0.39 is 8.07 Å². The van der Waals surface area contributed by atoms with Gasteiger partial charge in [-0.1, -0.05) is 49.1 Å². The molecule has 0 spiro atoms. The Morgan fingerprint density at radius 3 is 2.79 bits per heavy atom. The summed E-state index contributed by atoms with van der Waals surface area (Å²) in [5, 5.41) is 15.1. The minimum atomic E-state index is -1.09. The second kappa shape index (κ2) is 11.6. The Morgan fingerprint density at radius 2 is 2.03 bits per heavy atom. The quantitative estimate of drug-likeness (QED) is 0.147. The third kappa shape index (κ3) is 8.10. The Kier molecular flexibility index (Phi) is 8.82. The van der Waals surface area contributed by atoms with Gasteiger partial charge in [0.05, 0.1) is 17.6 Å². The van der Waals surface area contributed by atoms with E-state index in [1.54, 1.807) is 17.6 Å². The highest BCUT2D eigenvalue weighted by Gasteiger charge is 2.14. The Hall–Kier alpha value is -2.49. The van der Waals surface area contributed by atoms with Crippen molar-refractivity contribution in [1.82, 2.24) is 14.8 Å². The van der Waals surface area contributed by atoms with Gasteiger partial charge in [-0.15, -0.1) is 11.3 Å². The normalized spacial score (nSPS) is 12.1. The molecule has 0 amide bonds. The van der Waals surface area contributed by atoms with E-state index in [1.807, 2.05) is 34.5 Å². The summed E-state index contributed by atoms with van der Waals surface area (Å²) in [6.45, 7) is 14.9. The SMILES string of the molecule is Cc1cn(COCC[Si](C)(C)C)nc1-c1ccccc1C=NOCc1csc(NC(C)C)n1. The van der Waals surface area contributed by atoms with Crippen LogP contribution in [0.15, 0.2) is 41.0 Å². The lowest BCUT2D eigenvalue weighted by molar-refractivity contribution is 0.0787. The maximum atomic E-state index is 5.85. The molecule has 3 aromatic rings. The van der Waals surface area contributed by atoms with Crippen molar-refractivity contribution in [3.63, 3.8) is 0 Å². The first-order valence-electron chi connectivity index (χ1n) is 11.3. The van der Waals surface area contributed by atoms with Crippen molar-refractivity contribution in [2.75, 3.05) is 11.9 Å². The van der Waals surface area contributed by atoms with Crippen molar-refractivity contribution in [2.45, 2.75) is 65.8 Å². The van der Waals surface area contributed by atoms with E-state index in [9.17, 15) is 0 Å². The fraction of sp³-hybridized carbons (Fsp3) is 0.458. The molecule has 178 valence electrons. The maximum Gasteiger partial charge on any atom is 0.183 e. The van der Waals surface area contributed by atoms with Crippen molar-refractivity contribution in [3.05, 3.63) is 52.7 Å². The van der Waals surface area contributed by atoms with Gasteiger partial charge in [0, 0.05) is 43.4 Å². The fourth-order valence-corrected chi connectivity index (χ4v) is 4.70. The van der Waals surface area contributed by atoms with Crippen LogP contribution in [0.1, 0.15) is 30.7 Å². The Labute approximate surface area is 201 Å². The van der Waals surface area contributed by atoms with E-state index in [0.717, 1.165) is 45.9 Å². The molecule has 7 nitrogen and oxygen atoms in total. The molecule has 0 unspecified atom stereocenters. The van der Waals surface area contributed by atoms with Gasteiger partial charge in [-0.3, -0.25) is 0 Å². The molecule has 1 N–H and O–H groups in total. The van der Waals surface area contributed by atoms with Crippen molar-refractivity contribution in [2.24, 2.45) is 5.16 Å². The molecule has 1 aromatic carbocycles. The number of benzene rings is 1. The van der Waals surface area contributed by atoms with Gasteiger partial charge in [-0.2, -0.15) is 5.10 Å². The van der Waals surface area contributed by atoms with Crippen molar-refractivity contribution in [1.29, 1.82) is 0 Å². The van der Waals surface area contributed by atoms with Crippen LogP contribution in [-0.2, 0) is 22.9 Å². The lowest BCUT2D eigenvalue weighted by Gasteiger charge is -2.15. The summed E-state index contributed by atoms with van der Waals surface area (Å²) in [4.78, 5) is 10.0. The number of nitrogens with one attached hydrogen (secondary N) is 1. The van der Waals surface area contributed by atoms with Crippen molar-refractivity contribution >= 4 is 30.8 Å². The molecule has 0 saturated heterocycles. The van der Waals surface area contributed by atoms with Crippen molar-refractivity contribution < 1.29 is 9.57 Å². The number of aryl methyl sites for hydroxylation is 1. The van der Waals surface area contributed by atoms with Crippen LogP contribution in [0.2, 0.25) is 25.7 Å². The molecular weight excluding hydrogens is 450 g/mol. The van der Waals surface area contributed by atoms with Gasteiger partial charge in [-0.05, 0) is 32.4 Å². The molecule has 0 saturated carbocycles. The first-order valence-corrected chi connectivity index (χ1v) is 15.9. The number of hydrogen-bond donors (Lipinski definition) is 1. The molecule has 2 heterocycles. The zero-order valence-corrected chi connectivity index (χ0v) is 22.3. The molecule has 0 atom stereocenters. The molecule has 0 radical (unpaired) electrons. The molecule has 9 heteroatoms. The zero-order chi connectivity index (χ0) is 23.8. The number of aromatic nitrogens is 3. The van der Waals surface area contributed by atoms with E-state index in [1.165, 1.54) is 0 Å². The van der Waals surface area contributed by atoms with E-state index >= 15 is 0 Å². The Balaban J connectivity index is 1.60. The van der Waals surface area contributed by atoms with Crippen LogP contribution in [0.3, 0.4) is 0 Å². The topological polar surface area (TPSA) is 73.6 Å². The van der Waals surface area contributed by atoms with E-state index in [2.05, 4.69) is 61.9 Å². The number of rotatable bonds is 12. The van der Waals surface area contributed by atoms with Crippen LogP contribution in [0.5, 0.6) is 0 Å². The number of nitrogens with zero attached hydrogens (tertiary/aromatic N) is 4. The lowest BCUT2D eigenvalue weighted by Crippen LogP contribution is -2.22. The summed E-state index contributed by atoms with van der Waals surface area (Å²) in [6, 6.07) is 9.56. The average molecular weight is 486 g/mol. The summed E-state index contributed by atoms with van der Waals surface area (Å²) in [6.07, 6.45) is 3.76. The highest BCUT2D eigenvalue weighted by Crippen LogP contribution is 2.25. The second-order valence-electron chi connectivity index (χ2n) is 9.59. The highest BCUT2D eigenvalue weighted by molar-refractivity contribution is 7.13. The van der Waals surface area contributed by atoms with Gasteiger partial charge in [0.25, 0.3) is 0 Å². The first-order chi connectivity index (χ1) is 15.7. The van der Waals surface area contributed by atoms with Gasteiger partial charge >= 0.3 is 0 Å². The second-order valence-corrected chi connectivity index (χ2v) is 16.1. The Morgan fingerprint density at radius 1 is 1.24 bits per heavy atom. The van der Waals surface area contributed by atoms with Crippen LogP contribution in [0.25, 0.3) is 11.3 Å². The highest BCUT2D eigenvalue weighted by atomic mass is 32.1. The van der Waals surface area contributed by atoms with E-state index in [0.29, 0.717) is 19.4 Å². The van der Waals surface area contributed by atoms with Gasteiger partial charge < -0.3 is 14.9 Å². The monoisotopic (exact) mass is 485 g/mol. The minimum absolute atomic E-state index is 0.331. The lowest BCUT2D eigenvalue weighted by atomic mass is 10.0. The fourth-order valence-electron chi connectivity index (χ4n) is 3.10. The molecule has 2 aromatic heterocycles. The Bertz CT molecular complexity index is 1060. The van der Waals surface area contributed by atoms with E-state index in [-0.39, 0.29) is 0 Å². The first kappa shape index (κ1) is 25.1. The van der Waals surface area contributed by atoms with Gasteiger partial charge in [0.1, 0.15) is 6.73 Å². The molecule has 0 aliphatic rings. The summed E-state index contributed by atoms with van der Waals surface area (Å²) < 4.78 is 7.72. The number of thiazole rings is 1.